The first-order valence-corrected chi connectivity index (χ1v) is 15.6. The molecule has 43 heavy (non-hydrogen) atoms. The van der Waals surface area contributed by atoms with Crippen molar-refractivity contribution in [2.24, 2.45) is 10.8 Å². The summed E-state index contributed by atoms with van der Waals surface area (Å²) in [4.78, 5) is 24.4. The molecule has 4 heteroatoms. The SMILES string of the molecule is O=C(O)CCC1(CCC(=O)O)C23C=Cc4cc5c6c7c4C21c1c2c4c(cc8ccc9cc(c6c6c9c8c4c6c17)C5)CC2=C3. The van der Waals surface area contributed by atoms with Gasteiger partial charge in [0, 0.05) is 29.1 Å². The summed E-state index contributed by atoms with van der Waals surface area (Å²) in [6.45, 7) is 0. The number of carboxylic acid groups (broad SMARTS) is 2. The Morgan fingerprint density at radius 3 is 2.00 bits per heavy atom. The van der Waals surface area contributed by atoms with E-state index in [0.29, 0.717) is 12.8 Å². The van der Waals surface area contributed by atoms with E-state index in [1.807, 2.05) is 0 Å². The molecule has 1 fully saturated rings. The first-order valence-electron chi connectivity index (χ1n) is 15.6. The summed E-state index contributed by atoms with van der Waals surface area (Å²) >= 11 is 0. The smallest absolute Gasteiger partial charge is 0.303 e. The molecule has 202 valence electrons. The van der Waals surface area contributed by atoms with E-state index in [1.54, 1.807) is 0 Å². The van der Waals surface area contributed by atoms with Gasteiger partial charge in [0.2, 0.25) is 0 Å². The highest BCUT2D eigenvalue weighted by atomic mass is 16.4. The fourth-order valence-corrected chi connectivity index (χ4v) is 12.5. The molecule has 1 spiro atoms. The van der Waals surface area contributed by atoms with Crippen molar-refractivity contribution >= 4 is 88.2 Å². The molecule has 0 amide bonds. The Labute approximate surface area is 243 Å². The van der Waals surface area contributed by atoms with Gasteiger partial charge in [-0.25, -0.2) is 0 Å². The number of aliphatic carboxylic acids is 2. The molecule has 6 aliphatic rings. The van der Waals surface area contributed by atoms with Crippen LogP contribution < -0.4 is 0 Å². The maximum absolute atomic E-state index is 12.2. The van der Waals surface area contributed by atoms with Crippen molar-refractivity contribution in [3.63, 3.8) is 0 Å². The summed E-state index contributed by atoms with van der Waals surface area (Å²) in [5.41, 5.74) is 9.71. The average molecular weight is 555 g/mol. The summed E-state index contributed by atoms with van der Waals surface area (Å²) in [5, 5.41) is 36.9. The van der Waals surface area contributed by atoms with Crippen LogP contribution in [0.5, 0.6) is 0 Å². The zero-order valence-electron chi connectivity index (χ0n) is 23.1. The molecule has 0 saturated heterocycles. The molecule has 7 aromatic rings. The van der Waals surface area contributed by atoms with Crippen LogP contribution in [0, 0.1) is 10.8 Å². The van der Waals surface area contributed by atoms with E-state index < -0.39 is 28.2 Å². The van der Waals surface area contributed by atoms with Crippen LogP contribution in [-0.4, -0.2) is 22.2 Å². The largest absolute Gasteiger partial charge is 0.481 e. The second-order valence-electron chi connectivity index (χ2n) is 14.4. The van der Waals surface area contributed by atoms with Crippen LogP contribution in [0.25, 0.3) is 76.3 Å². The second-order valence-corrected chi connectivity index (χ2v) is 14.4. The molecule has 0 aliphatic heterocycles. The normalized spacial score (nSPS) is 25.3. The quantitative estimate of drug-likeness (QED) is 0.204. The molecule has 2 atom stereocenters. The van der Waals surface area contributed by atoms with Gasteiger partial charge in [0.05, 0.1) is 0 Å². The van der Waals surface area contributed by atoms with Gasteiger partial charge >= 0.3 is 11.9 Å². The Balaban J connectivity index is 1.36. The van der Waals surface area contributed by atoms with Gasteiger partial charge in [-0.2, -0.15) is 0 Å². The van der Waals surface area contributed by atoms with E-state index in [4.69, 9.17) is 0 Å². The molecule has 2 unspecified atom stereocenters. The van der Waals surface area contributed by atoms with Crippen molar-refractivity contribution in [1.29, 1.82) is 0 Å². The van der Waals surface area contributed by atoms with Crippen molar-refractivity contribution < 1.29 is 19.8 Å². The summed E-state index contributed by atoms with van der Waals surface area (Å²) in [6.07, 6.45) is 10.0. The first kappa shape index (κ1) is 21.1. The molecular weight excluding hydrogens is 532 g/mol. The lowest BCUT2D eigenvalue weighted by Crippen LogP contribution is -2.25. The molecule has 4 nitrogen and oxygen atoms in total. The topological polar surface area (TPSA) is 74.6 Å². The third-order valence-electron chi connectivity index (χ3n) is 13.4. The first-order chi connectivity index (χ1) is 20.9. The fourth-order valence-electron chi connectivity index (χ4n) is 12.5. The van der Waals surface area contributed by atoms with E-state index in [9.17, 15) is 19.8 Å². The van der Waals surface area contributed by atoms with E-state index in [1.165, 1.54) is 109 Å². The lowest BCUT2D eigenvalue weighted by Gasteiger charge is -2.31. The van der Waals surface area contributed by atoms with Gasteiger partial charge in [-0.05, 0) is 135 Å². The van der Waals surface area contributed by atoms with Crippen molar-refractivity contribution in [2.75, 3.05) is 0 Å². The van der Waals surface area contributed by atoms with Crippen LogP contribution >= 0.6 is 0 Å². The number of carbonyl (C=O) groups is 2. The third kappa shape index (κ3) is 1.64. The minimum Gasteiger partial charge on any atom is -0.481 e. The van der Waals surface area contributed by atoms with E-state index in [-0.39, 0.29) is 12.8 Å². The van der Waals surface area contributed by atoms with Crippen molar-refractivity contribution in [3.8, 4) is 0 Å². The molecule has 0 radical (unpaired) electrons. The molecule has 7 aromatic carbocycles. The van der Waals surface area contributed by atoms with Crippen LogP contribution in [0.15, 0.2) is 42.5 Å². The summed E-state index contributed by atoms with van der Waals surface area (Å²) in [5.74, 6) is -1.61. The number of carboxylic acids is 2. The second kappa shape index (κ2) is 5.65. The minimum absolute atomic E-state index is 0.0448. The minimum atomic E-state index is -0.807. The van der Waals surface area contributed by atoms with Crippen LogP contribution in [-0.2, 0) is 27.8 Å². The van der Waals surface area contributed by atoms with Crippen LogP contribution in [0.1, 0.15) is 64.6 Å². The molecule has 0 aromatic heterocycles. The van der Waals surface area contributed by atoms with Gasteiger partial charge in [0.15, 0.2) is 0 Å². The van der Waals surface area contributed by atoms with E-state index in [2.05, 4.69) is 48.6 Å². The van der Waals surface area contributed by atoms with Gasteiger partial charge < -0.3 is 10.2 Å². The third-order valence-corrected chi connectivity index (χ3v) is 13.4. The number of hydrogen-bond donors (Lipinski definition) is 2. The zero-order chi connectivity index (χ0) is 28.1. The highest BCUT2D eigenvalue weighted by molar-refractivity contribution is 6.52. The summed E-state index contributed by atoms with van der Waals surface area (Å²) in [6, 6.07) is 12.0. The molecule has 1 saturated carbocycles. The Morgan fingerprint density at radius 2 is 1.28 bits per heavy atom. The summed E-state index contributed by atoms with van der Waals surface area (Å²) < 4.78 is 0. The van der Waals surface area contributed by atoms with Gasteiger partial charge in [-0.3, -0.25) is 9.59 Å². The van der Waals surface area contributed by atoms with Crippen LogP contribution in [0.3, 0.4) is 0 Å². The molecule has 0 heterocycles. The Bertz CT molecular complexity index is 2720. The fraction of sp³-hybridized carbons (Fsp3) is 0.231. The monoisotopic (exact) mass is 554 g/mol. The van der Waals surface area contributed by atoms with Crippen LogP contribution in [0.2, 0.25) is 0 Å². The average Bonchev–Trinajstić information content (AvgIpc) is 3.49. The van der Waals surface area contributed by atoms with Gasteiger partial charge in [-0.1, -0.05) is 48.6 Å². The lowest BCUT2D eigenvalue weighted by molar-refractivity contribution is -0.137. The number of benzene rings is 6. The number of rotatable bonds is 6. The summed E-state index contributed by atoms with van der Waals surface area (Å²) in [7, 11) is 0. The van der Waals surface area contributed by atoms with E-state index in [0.717, 1.165) is 12.8 Å². The van der Waals surface area contributed by atoms with Crippen molar-refractivity contribution in [3.05, 3.63) is 81.4 Å². The molecule has 13 rings (SSSR count). The highest BCUT2D eigenvalue weighted by Crippen LogP contribution is 2.92. The Kier molecular flexibility index (Phi) is 2.77. The zero-order valence-corrected chi connectivity index (χ0v) is 23.1. The van der Waals surface area contributed by atoms with Gasteiger partial charge in [0.1, 0.15) is 0 Å². The maximum Gasteiger partial charge on any atom is 0.303 e. The van der Waals surface area contributed by atoms with E-state index >= 15 is 0 Å². The van der Waals surface area contributed by atoms with Crippen molar-refractivity contribution in [1.82, 2.24) is 0 Å². The molecule has 6 aliphatic carbocycles. The van der Waals surface area contributed by atoms with Gasteiger partial charge in [-0.15, -0.1) is 0 Å². The van der Waals surface area contributed by atoms with Crippen LogP contribution in [0.4, 0.5) is 0 Å². The number of hydrogen-bond acceptors (Lipinski definition) is 2. The maximum atomic E-state index is 12.2. The molecule has 2 N–H and O–H groups in total. The lowest BCUT2D eigenvalue weighted by atomic mass is 9.71. The van der Waals surface area contributed by atoms with Gasteiger partial charge in [0.25, 0.3) is 0 Å². The van der Waals surface area contributed by atoms with Crippen molar-refractivity contribution in [2.45, 2.75) is 43.9 Å². The predicted octanol–water partition coefficient (Wildman–Crippen LogP) is 8.12. The molecular formula is C39H22O4. The Hall–Kier alpha value is -4.70. The standard InChI is InChI=1S/C39H22O4/c40-22(41)4-7-37(8-5-23(42)43)38-6-3-17-11-20-12-18-9-15-1-2-16-10-19-13-21(14-38)29-28(19)31-25(16)24(15)30-26(18)27(20)33-34(32(30)31)36(29)39(37,38)35(17)33/h1-3,6,9-11,14H,4-5,7-8,12-13H2,(H,40,41)(H,42,43). The number of allylic oxidation sites excluding steroid dienone is 3. The molecule has 0 bridgehead atoms. The Morgan fingerprint density at radius 1 is 0.674 bits per heavy atom. The predicted molar refractivity (Wildman–Crippen MR) is 168 cm³/mol. The highest BCUT2D eigenvalue weighted by Gasteiger charge is 2.88.